The van der Waals surface area contributed by atoms with Crippen molar-refractivity contribution in [2.45, 2.75) is 19.9 Å². The molecule has 0 fully saturated rings. The average molecular weight is 229 g/mol. The van der Waals surface area contributed by atoms with Crippen molar-refractivity contribution in [1.82, 2.24) is 19.8 Å². The van der Waals surface area contributed by atoms with Crippen LogP contribution < -0.4 is 16.8 Å². The van der Waals surface area contributed by atoms with E-state index in [1.54, 1.807) is 6.92 Å². The summed E-state index contributed by atoms with van der Waals surface area (Å²) in [5, 5.41) is 6.26. The summed E-state index contributed by atoms with van der Waals surface area (Å²) in [5.41, 5.74) is -0.681. The van der Waals surface area contributed by atoms with Crippen LogP contribution in [0.25, 0.3) is 0 Å². The number of nitrogen functional groups attached to an aromatic ring is 1. The standard InChI is InChI=1S/C8H15N5O3/c1-5(4-16-3)10-7(14)13-8(15)12(9)6(2)11-13/h5H,4,9H2,1-3H3,(H,10,14). The third-order valence-electron chi connectivity index (χ3n) is 1.96. The maximum Gasteiger partial charge on any atom is 0.373 e. The highest BCUT2D eigenvalue weighted by molar-refractivity contribution is 5.75. The fraction of sp³-hybridized carbons (Fsp3) is 0.625. The van der Waals surface area contributed by atoms with Crippen LogP contribution in [0.1, 0.15) is 12.7 Å². The van der Waals surface area contributed by atoms with Crippen LogP contribution in [-0.2, 0) is 4.74 Å². The summed E-state index contributed by atoms with van der Waals surface area (Å²) in [6, 6.07) is -0.838. The summed E-state index contributed by atoms with van der Waals surface area (Å²) in [4.78, 5) is 23.0. The normalized spacial score (nSPS) is 12.4. The van der Waals surface area contributed by atoms with E-state index in [2.05, 4.69) is 10.4 Å². The molecular weight excluding hydrogens is 214 g/mol. The van der Waals surface area contributed by atoms with Crippen molar-refractivity contribution in [2.24, 2.45) is 0 Å². The van der Waals surface area contributed by atoms with Crippen LogP contribution in [0.5, 0.6) is 0 Å². The molecule has 0 aliphatic carbocycles. The molecule has 1 unspecified atom stereocenters. The molecule has 1 rings (SSSR count). The molecule has 0 aromatic carbocycles. The van der Waals surface area contributed by atoms with Gasteiger partial charge in [-0.1, -0.05) is 0 Å². The lowest BCUT2D eigenvalue weighted by Gasteiger charge is -2.11. The fourth-order valence-electron chi connectivity index (χ4n) is 1.17. The van der Waals surface area contributed by atoms with Gasteiger partial charge in [0.05, 0.1) is 12.6 Å². The van der Waals surface area contributed by atoms with Crippen LogP contribution in [0, 0.1) is 6.92 Å². The van der Waals surface area contributed by atoms with E-state index in [4.69, 9.17) is 10.6 Å². The highest BCUT2D eigenvalue weighted by atomic mass is 16.5. The lowest BCUT2D eigenvalue weighted by Crippen LogP contribution is -2.44. The minimum Gasteiger partial charge on any atom is -0.383 e. The quantitative estimate of drug-likeness (QED) is 0.624. The topological polar surface area (TPSA) is 104 Å². The number of amides is 1. The van der Waals surface area contributed by atoms with E-state index in [1.807, 2.05) is 0 Å². The lowest BCUT2D eigenvalue weighted by molar-refractivity contribution is 0.170. The molecule has 0 spiro atoms. The molecule has 8 nitrogen and oxygen atoms in total. The lowest BCUT2D eigenvalue weighted by atomic mass is 10.4. The molecule has 0 aliphatic heterocycles. The highest BCUT2D eigenvalue weighted by Gasteiger charge is 2.15. The number of nitrogens with zero attached hydrogens (tertiary/aromatic N) is 3. The first-order chi connectivity index (χ1) is 7.47. The zero-order chi connectivity index (χ0) is 12.3. The molecule has 0 bridgehead atoms. The van der Waals surface area contributed by atoms with Gasteiger partial charge in [0.1, 0.15) is 0 Å². The van der Waals surface area contributed by atoms with Gasteiger partial charge in [-0.05, 0) is 13.8 Å². The van der Waals surface area contributed by atoms with Crippen molar-refractivity contribution in [3.8, 4) is 0 Å². The van der Waals surface area contributed by atoms with E-state index < -0.39 is 11.7 Å². The molecule has 0 aliphatic rings. The van der Waals surface area contributed by atoms with Gasteiger partial charge in [0.15, 0.2) is 5.82 Å². The molecule has 1 amide bonds. The molecule has 3 N–H and O–H groups in total. The second-order valence-electron chi connectivity index (χ2n) is 3.42. The monoisotopic (exact) mass is 229 g/mol. The first kappa shape index (κ1) is 12.2. The predicted molar refractivity (Wildman–Crippen MR) is 56.6 cm³/mol. The minimum absolute atomic E-state index is 0.215. The van der Waals surface area contributed by atoms with Crippen LogP contribution in [-0.4, -0.2) is 40.2 Å². The third-order valence-corrected chi connectivity index (χ3v) is 1.96. The predicted octanol–water partition coefficient (Wildman–Crippen LogP) is -1.34. The van der Waals surface area contributed by atoms with Crippen molar-refractivity contribution < 1.29 is 9.53 Å². The third kappa shape index (κ3) is 2.40. The fourth-order valence-corrected chi connectivity index (χ4v) is 1.17. The Kier molecular flexibility index (Phi) is 3.67. The van der Waals surface area contributed by atoms with E-state index >= 15 is 0 Å². The van der Waals surface area contributed by atoms with Crippen LogP contribution in [0.3, 0.4) is 0 Å². The summed E-state index contributed by atoms with van der Waals surface area (Å²) >= 11 is 0. The first-order valence-electron chi connectivity index (χ1n) is 4.71. The first-order valence-corrected chi connectivity index (χ1v) is 4.71. The molecule has 0 radical (unpaired) electrons. The number of hydrogen-bond donors (Lipinski definition) is 2. The Morgan fingerprint density at radius 1 is 1.69 bits per heavy atom. The number of methoxy groups -OCH3 is 1. The Bertz CT molecular complexity index is 435. The van der Waals surface area contributed by atoms with Crippen molar-refractivity contribution >= 4 is 6.03 Å². The number of carbonyl (C=O) groups excluding carboxylic acids is 1. The van der Waals surface area contributed by atoms with Gasteiger partial charge in [0.25, 0.3) is 0 Å². The molecule has 0 saturated heterocycles. The van der Waals surface area contributed by atoms with Crippen LogP contribution in [0.2, 0.25) is 0 Å². The average Bonchev–Trinajstić information content (AvgIpc) is 2.46. The van der Waals surface area contributed by atoms with E-state index in [9.17, 15) is 9.59 Å². The van der Waals surface area contributed by atoms with Gasteiger partial charge in [-0.25, -0.2) is 9.59 Å². The number of nitrogens with two attached hydrogens (primary N) is 1. The number of aromatic nitrogens is 3. The largest absolute Gasteiger partial charge is 0.383 e. The Morgan fingerprint density at radius 2 is 2.31 bits per heavy atom. The number of rotatable bonds is 3. The van der Waals surface area contributed by atoms with Gasteiger partial charge < -0.3 is 15.9 Å². The summed E-state index contributed by atoms with van der Waals surface area (Å²) in [6.45, 7) is 3.63. The van der Waals surface area contributed by atoms with Crippen molar-refractivity contribution in [1.29, 1.82) is 0 Å². The number of carbonyl (C=O) groups is 1. The zero-order valence-corrected chi connectivity index (χ0v) is 9.43. The van der Waals surface area contributed by atoms with Gasteiger partial charge in [-0.3, -0.25) is 0 Å². The second-order valence-corrected chi connectivity index (χ2v) is 3.42. The molecule has 0 saturated carbocycles. The van der Waals surface area contributed by atoms with Crippen LogP contribution in [0.15, 0.2) is 4.79 Å². The number of aryl methyl sites for hydroxylation is 1. The van der Waals surface area contributed by atoms with Crippen molar-refractivity contribution in [3.05, 3.63) is 16.3 Å². The Morgan fingerprint density at radius 3 is 2.75 bits per heavy atom. The van der Waals surface area contributed by atoms with E-state index in [1.165, 1.54) is 14.0 Å². The summed E-state index contributed by atoms with van der Waals surface area (Å²) < 4.78 is 6.34. The Balaban J connectivity index is 2.81. The number of ether oxygens (including phenoxy) is 1. The van der Waals surface area contributed by atoms with E-state index in [-0.39, 0.29) is 11.9 Å². The minimum atomic E-state index is -0.681. The molecule has 90 valence electrons. The maximum atomic E-state index is 11.6. The van der Waals surface area contributed by atoms with Gasteiger partial charge >= 0.3 is 11.7 Å². The van der Waals surface area contributed by atoms with Gasteiger partial charge in [0, 0.05) is 7.11 Å². The summed E-state index contributed by atoms with van der Waals surface area (Å²) in [5.74, 6) is 5.61. The van der Waals surface area contributed by atoms with Crippen LogP contribution in [0.4, 0.5) is 4.79 Å². The highest BCUT2D eigenvalue weighted by Crippen LogP contribution is 1.87. The smallest absolute Gasteiger partial charge is 0.373 e. The van der Waals surface area contributed by atoms with Crippen molar-refractivity contribution in [3.63, 3.8) is 0 Å². The number of nitrogens with one attached hydrogen (secondary N) is 1. The second kappa shape index (κ2) is 4.79. The maximum absolute atomic E-state index is 11.6. The molecule has 1 heterocycles. The Hall–Kier alpha value is -1.83. The number of hydrogen-bond acceptors (Lipinski definition) is 5. The molecule has 1 atom stereocenters. The molecular formula is C8H15N5O3. The molecule has 8 heteroatoms. The van der Waals surface area contributed by atoms with Gasteiger partial charge in [-0.15, -0.1) is 9.78 Å². The molecule has 16 heavy (non-hydrogen) atoms. The van der Waals surface area contributed by atoms with Gasteiger partial charge in [0.2, 0.25) is 0 Å². The van der Waals surface area contributed by atoms with E-state index in [0.29, 0.717) is 11.3 Å². The Labute approximate surface area is 92.0 Å². The summed E-state index contributed by atoms with van der Waals surface area (Å²) in [6.07, 6.45) is 0. The van der Waals surface area contributed by atoms with Crippen LogP contribution >= 0.6 is 0 Å². The van der Waals surface area contributed by atoms with Crippen molar-refractivity contribution in [2.75, 3.05) is 19.6 Å². The van der Waals surface area contributed by atoms with E-state index in [0.717, 1.165) is 4.68 Å². The SMILES string of the molecule is COCC(C)NC(=O)n1nc(C)n(N)c1=O. The summed E-state index contributed by atoms with van der Waals surface area (Å²) in [7, 11) is 1.52. The van der Waals surface area contributed by atoms with Gasteiger partial charge in [-0.2, -0.15) is 4.68 Å². The molecule has 1 aromatic heterocycles. The molecule has 1 aromatic rings. The zero-order valence-electron chi connectivity index (χ0n) is 9.43.